The van der Waals surface area contributed by atoms with Gasteiger partial charge >= 0.3 is 0 Å². The molecule has 0 aliphatic heterocycles. The molecule has 112 valence electrons. The van der Waals surface area contributed by atoms with Gasteiger partial charge in [-0.15, -0.1) is 0 Å². The highest BCUT2D eigenvalue weighted by Crippen LogP contribution is 2.20. The number of aryl methyl sites for hydroxylation is 1. The van der Waals surface area contributed by atoms with E-state index in [1.165, 1.54) is 23.8 Å². The molecule has 0 fully saturated rings. The van der Waals surface area contributed by atoms with Crippen molar-refractivity contribution >= 4 is 11.6 Å². The van der Waals surface area contributed by atoms with E-state index in [2.05, 4.69) is 0 Å². The third-order valence-electron chi connectivity index (χ3n) is 3.21. The van der Waals surface area contributed by atoms with Crippen LogP contribution >= 0.6 is 11.6 Å². The van der Waals surface area contributed by atoms with Crippen molar-refractivity contribution in [1.82, 2.24) is 0 Å². The average Bonchev–Trinajstić information content (AvgIpc) is 2.47. The lowest BCUT2D eigenvalue weighted by Gasteiger charge is -2.09. The first-order chi connectivity index (χ1) is 10.0. The van der Waals surface area contributed by atoms with Crippen LogP contribution in [0.25, 0.3) is 0 Å². The Morgan fingerprint density at radius 3 is 2.57 bits per heavy atom. The summed E-state index contributed by atoms with van der Waals surface area (Å²) in [6.45, 7) is 2.25. The number of benzene rings is 2. The zero-order valence-electron chi connectivity index (χ0n) is 12.0. The Labute approximate surface area is 129 Å². The number of ether oxygens (including phenoxy) is 1. The van der Waals surface area contributed by atoms with E-state index in [9.17, 15) is 4.39 Å². The van der Waals surface area contributed by atoms with E-state index in [-0.39, 0.29) is 18.5 Å². The fraction of sp³-hybridized carbons (Fsp3) is 0.294. The van der Waals surface area contributed by atoms with Gasteiger partial charge in [0, 0.05) is 16.6 Å². The van der Waals surface area contributed by atoms with Crippen LogP contribution in [0.3, 0.4) is 0 Å². The van der Waals surface area contributed by atoms with E-state index in [4.69, 9.17) is 22.1 Å². The molecule has 2 aromatic rings. The number of rotatable bonds is 6. The molecular formula is C17H19ClFNO. The van der Waals surface area contributed by atoms with Gasteiger partial charge in [0.25, 0.3) is 0 Å². The molecule has 0 amide bonds. The van der Waals surface area contributed by atoms with E-state index in [1.807, 2.05) is 31.2 Å². The summed E-state index contributed by atoms with van der Waals surface area (Å²) >= 11 is 6.00. The normalized spacial score (nSPS) is 12.2. The summed E-state index contributed by atoms with van der Waals surface area (Å²) in [5, 5.41) is 0.505. The zero-order chi connectivity index (χ0) is 15.2. The minimum absolute atomic E-state index is 0.205. The monoisotopic (exact) mass is 307 g/mol. The molecule has 0 aromatic heterocycles. The van der Waals surface area contributed by atoms with Crippen LogP contribution in [-0.4, -0.2) is 6.04 Å². The molecular weight excluding hydrogens is 289 g/mol. The molecule has 0 saturated carbocycles. The van der Waals surface area contributed by atoms with Gasteiger partial charge in [-0.2, -0.15) is 0 Å². The van der Waals surface area contributed by atoms with Crippen LogP contribution in [0.2, 0.25) is 5.02 Å². The second kappa shape index (κ2) is 7.43. The quantitative estimate of drug-likeness (QED) is 0.861. The van der Waals surface area contributed by atoms with Crippen molar-refractivity contribution in [3.63, 3.8) is 0 Å². The standard InChI is InChI=1S/C17H19ClFNO/c1-12(20)2-3-13-4-7-16(8-5-13)21-11-14-10-15(19)6-9-17(14)18/h4-10,12H,2-3,11,20H2,1H3. The Bertz CT molecular complexity index is 584. The van der Waals surface area contributed by atoms with Gasteiger partial charge in [0.15, 0.2) is 0 Å². The second-order valence-corrected chi connectivity index (χ2v) is 5.59. The topological polar surface area (TPSA) is 35.2 Å². The van der Waals surface area contributed by atoms with Crippen molar-refractivity contribution in [1.29, 1.82) is 0 Å². The van der Waals surface area contributed by atoms with Crippen LogP contribution in [0.5, 0.6) is 5.75 Å². The van der Waals surface area contributed by atoms with Crippen molar-refractivity contribution in [2.24, 2.45) is 5.73 Å². The first kappa shape index (κ1) is 15.8. The number of hydrogen-bond acceptors (Lipinski definition) is 2. The molecule has 2 N–H and O–H groups in total. The third kappa shape index (κ3) is 5.03. The van der Waals surface area contributed by atoms with Crippen molar-refractivity contribution in [3.05, 3.63) is 64.4 Å². The van der Waals surface area contributed by atoms with Gasteiger partial charge in [-0.1, -0.05) is 23.7 Å². The Morgan fingerprint density at radius 1 is 1.19 bits per heavy atom. The lowest BCUT2D eigenvalue weighted by Crippen LogP contribution is -2.15. The van der Waals surface area contributed by atoms with E-state index in [0.717, 1.165) is 18.6 Å². The molecule has 1 unspecified atom stereocenters. The molecule has 2 nitrogen and oxygen atoms in total. The highest BCUT2D eigenvalue weighted by Gasteiger charge is 2.04. The summed E-state index contributed by atoms with van der Waals surface area (Å²) in [6.07, 6.45) is 1.91. The highest BCUT2D eigenvalue weighted by atomic mass is 35.5. The summed E-state index contributed by atoms with van der Waals surface area (Å²) in [4.78, 5) is 0. The molecule has 0 aliphatic rings. The maximum Gasteiger partial charge on any atom is 0.123 e. The van der Waals surface area contributed by atoms with Crippen LogP contribution in [0.4, 0.5) is 4.39 Å². The molecule has 2 aromatic carbocycles. The Hall–Kier alpha value is -1.58. The molecule has 0 heterocycles. The molecule has 21 heavy (non-hydrogen) atoms. The van der Waals surface area contributed by atoms with Gasteiger partial charge in [-0.3, -0.25) is 0 Å². The lowest BCUT2D eigenvalue weighted by molar-refractivity contribution is 0.305. The molecule has 0 bridgehead atoms. The largest absolute Gasteiger partial charge is 0.489 e. The van der Waals surface area contributed by atoms with Crippen LogP contribution in [0.1, 0.15) is 24.5 Å². The first-order valence-corrected chi connectivity index (χ1v) is 7.33. The van der Waals surface area contributed by atoms with Gasteiger partial charge in [0.05, 0.1) is 0 Å². The predicted octanol–water partition coefficient (Wildman–Crippen LogP) is 4.34. The van der Waals surface area contributed by atoms with Crippen molar-refractivity contribution < 1.29 is 9.13 Å². The Kier molecular flexibility index (Phi) is 5.59. The van der Waals surface area contributed by atoms with Crippen LogP contribution in [-0.2, 0) is 13.0 Å². The van der Waals surface area contributed by atoms with Crippen molar-refractivity contribution in [2.45, 2.75) is 32.4 Å². The Morgan fingerprint density at radius 2 is 1.90 bits per heavy atom. The van der Waals surface area contributed by atoms with Crippen LogP contribution in [0, 0.1) is 5.82 Å². The number of halogens is 2. The van der Waals surface area contributed by atoms with Gasteiger partial charge in [0.1, 0.15) is 18.2 Å². The summed E-state index contributed by atoms with van der Waals surface area (Å²) in [5.74, 6) is 0.420. The molecule has 1 atom stereocenters. The lowest BCUT2D eigenvalue weighted by atomic mass is 10.1. The summed E-state index contributed by atoms with van der Waals surface area (Å²) in [7, 11) is 0. The molecule has 0 spiro atoms. The number of hydrogen-bond donors (Lipinski definition) is 1. The fourth-order valence-corrected chi connectivity index (χ4v) is 2.13. The smallest absolute Gasteiger partial charge is 0.123 e. The van der Waals surface area contributed by atoms with E-state index >= 15 is 0 Å². The van der Waals surface area contributed by atoms with Crippen molar-refractivity contribution in [3.8, 4) is 5.75 Å². The van der Waals surface area contributed by atoms with Crippen LogP contribution in [0.15, 0.2) is 42.5 Å². The molecule has 2 rings (SSSR count). The highest BCUT2D eigenvalue weighted by molar-refractivity contribution is 6.31. The van der Waals surface area contributed by atoms with Crippen LogP contribution < -0.4 is 10.5 Å². The molecule has 4 heteroatoms. The third-order valence-corrected chi connectivity index (χ3v) is 3.58. The van der Waals surface area contributed by atoms with Gasteiger partial charge < -0.3 is 10.5 Å². The van der Waals surface area contributed by atoms with E-state index < -0.39 is 0 Å². The molecule has 0 radical (unpaired) electrons. The SMILES string of the molecule is CC(N)CCc1ccc(OCc2cc(F)ccc2Cl)cc1. The van der Waals surface area contributed by atoms with E-state index in [0.29, 0.717) is 10.6 Å². The maximum absolute atomic E-state index is 13.2. The molecule has 0 aliphatic carbocycles. The summed E-state index contributed by atoms with van der Waals surface area (Å²) < 4.78 is 18.8. The Balaban J connectivity index is 1.93. The van der Waals surface area contributed by atoms with Crippen molar-refractivity contribution in [2.75, 3.05) is 0 Å². The zero-order valence-corrected chi connectivity index (χ0v) is 12.7. The minimum atomic E-state index is -0.316. The van der Waals surface area contributed by atoms with E-state index in [1.54, 1.807) is 0 Å². The predicted molar refractivity (Wildman–Crippen MR) is 84.2 cm³/mol. The van der Waals surface area contributed by atoms with Gasteiger partial charge in [-0.05, 0) is 55.7 Å². The summed E-state index contributed by atoms with van der Waals surface area (Å²) in [6, 6.07) is 12.3. The molecule has 0 saturated heterocycles. The number of nitrogens with two attached hydrogens (primary N) is 1. The fourth-order valence-electron chi connectivity index (χ4n) is 1.96. The minimum Gasteiger partial charge on any atom is -0.489 e. The maximum atomic E-state index is 13.2. The average molecular weight is 308 g/mol. The van der Waals surface area contributed by atoms with Gasteiger partial charge in [0.2, 0.25) is 0 Å². The summed E-state index contributed by atoms with van der Waals surface area (Å²) in [5.41, 5.74) is 7.60. The first-order valence-electron chi connectivity index (χ1n) is 6.96. The second-order valence-electron chi connectivity index (χ2n) is 5.18. The van der Waals surface area contributed by atoms with Gasteiger partial charge in [-0.25, -0.2) is 4.39 Å².